The Kier molecular flexibility index (Phi) is 5.40. The summed E-state index contributed by atoms with van der Waals surface area (Å²) in [4.78, 5) is 2.27. The van der Waals surface area contributed by atoms with E-state index in [0.717, 1.165) is 17.1 Å². The van der Waals surface area contributed by atoms with Gasteiger partial charge in [-0.15, -0.1) is 0 Å². The van der Waals surface area contributed by atoms with Crippen molar-refractivity contribution >= 4 is 11.6 Å². The Hall–Kier alpha value is -1.35. The zero-order valence-corrected chi connectivity index (χ0v) is 13.7. The van der Waals surface area contributed by atoms with Gasteiger partial charge in [-0.3, -0.25) is 4.90 Å². The largest absolute Gasteiger partial charge is 0.329 e. The first kappa shape index (κ1) is 16.0. The van der Waals surface area contributed by atoms with Crippen LogP contribution in [0.1, 0.15) is 28.3 Å². The van der Waals surface area contributed by atoms with Gasteiger partial charge in [0, 0.05) is 24.2 Å². The van der Waals surface area contributed by atoms with E-state index in [-0.39, 0.29) is 6.04 Å². The molecule has 3 heteroatoms. The smallest absolute Gasteiger partial charge is 0.0471 e. The molecule has 0 amide bonds. The molecule has 0 aliphatic rings. The molecule has 0 bridgehead atoms. The minimum Gasteiger partial charge on any atom is -0.329 e. The van der Waals surface area contributed by atoms with Crippen LogP contribution in [0.4, 0.5) is 0 Å². The van der Waals surface area contributed by atoms with Crippen LogP contribution in [-0.4, -0.2) is 18.5 Å². The summed E-state index contributed by atoms with van der Waals surface area (Å²) in [6, 6.07) is 15.0. The highest BCUT2D eigenvalue weighted by Crippen LogP contribution is 2.25. The molecular weight excluding hydrogens is 280 g/mol. The highest BCUT2D eigenvalue weighted by Gasteiger charge is 2.16. The molecule has 0 heterocycles. The molecule has 0 aliphatic heterocycles. The Labute approximate surface area is 132 Å². The molecule has 0 aromatic heterocycles. The molecule has 0 fully saturated rings. The van der Waals surface area contributed by atoms with E-state index in [1.807, 2.05) is 13.0 Å². The van der Waals surface area contributed by atoms with Gasteiger partial charge in [-0.05, 0) is 43.7 Å². The van der Waals surface area contributed by atoms with E-state index in [9.17, 15) is 0 Å². The third-order valence-electron chi connectivity index (χ3n) is 3.89. The van der Waals surface area contributed by atoms with Crippen molar-refractivity contribution in [2.75, 3.05) is 13.6 Å². The second-order valence-corrected chi connectivity index (χ2v) is 6.07. The third kappa shape index (κ3) is 4.07. The van der Waals surface area contributed by atoms with E-state index >= 15 is 0 Å². The summed E-state index contributed by atoms with van der Waals surface area (Å²) in [5, 5.41) is 0.801. The average molecular weight is 303 g/mol. The Morgan fingerprint density at radius 2 is 1.76 bits per heavy atom. The Bertz CT molecular complexity index is 593. The Balaban J connectivity index is 2.15. The summed E-state index contributed by atoms with van der Waals surface area (Å²) in [6.07, 6.45) is 0. The van der Waals surface area contributed by atoms with Gasteiger partial charge in [-0.2, -0.15) is 0 Å². The summed E-state index contributed by atoms with van der Waals surface area (Å²) in [7, 11) is 2.10. The summed E-state index contributed by atoms with van der Waals surface area (Å²) in [5.41, 5.74) is 10.8. The van der Waals surface area contributed by atoms with Crippen LogP contribution >= 0.6 is 11.6 Å². The monoisotopic (exact) mass is 302 g/mol. The molecule has 2 aromatic rings. The summed E-state index contributed by atoms with van der Waals surface area (Å²) in [5.74, 6) is 0. The topological polar surface area (TPSA) is 29.3 Å². The number of hydrogen-bond donors (Lipinski definition) is 1. The first-order valence-corrected chi connectivity index (χ1v) is 7.61. The molecule has 0 aliphatic carbocycles. The summed E-state index contributed by atoms with van der Waals surface area (Å²) in [6.45, 7) is 5.56. The third-order valence-corrected chi connectivity index (χ3v) is 4.30. The van der Waals surface area contributed by atoms with Gasteiger partial charge in [-0.25, -0.2) is 0 Å². The molecule has 2 nitrogen and oxygen atoms in total. The number of benzene rings is 2. The lowest BCUT2D eigenvalue weighted by Crippen LogP contribution is -2.30. The van der Waals surface area contributed by atoms with Gasteiger partial charge in [0.1, 0.15) is 0 Å². The molecule has 0 saturated heterocycles. The number of hydrogen-bond acceptors (Lipinski definition) is 2. The van der Waals surface area contributed by atoms with Crippen LogP contribution in [0.15, 0.2) is 42.5 Å². The zero-order valence-electron chi connectivity index (χ0n) is 12.9. The number of nitrogens with two attached hydrogens (primary N) is 1. The van der Waals surface area contributed by atoms with Crippen molar-refractivity contribution in [2.24, 2.45) is 5.73 Å². The fraction of sp³-hybridized carbons (Fsp3) is 0.333. The normalized spacial score (nSPS) is 12.7. The lowest BCUT2D eigenvalue weighted by molar-refractivity contribution is 0.242. The van der Waals surface area contributed by atoms with Gasteiger partial charge in [0.2, 0.25) is 0 Å². The van der Waals surface area contributed by atoms with Crippen molar-refractivity contribution in [2.45, 2.75) is 26.4 Å². The van der Waals surface area contributed by atoms with E-state index in [2.05, 4.69) is 55.3 Å². The summed E-state index contributed by atoms with van der Waals surface area (Å²) < 4.78 is 0. The molecule has 0 spiro atoms. The zero-order chi connectivity index (χ0) is 15.4. The van der Waals surface area contributed by atoms with E-state index in [0.29, 0.717) is 6.54 Å². The van der Waals surface area contributed by atoms with Crippen LogP contribution in [-0.2, 0) is 6.54 Å². The van der Waals surface area contributed by atoms with Gasteiger partial charge >= 0.3 is 0 Å². The molecule has 2 N–H and O–H groups in total. The van der Waals surface area contributed by atoms with Crippen LogP contribution in [0.2, 0.25) is 5.02 Å². The predicted octanol–water partition coefficient (Wildman–Crippen LogP) is 4.09. The van der Waals surface area contributed by atoms with Crippen molar-refractivity contribution in [1.29, 1.82) is 0 Å². The minimum absolute atomic E-state index is 0.171. The Morgan fingerprint density at radius 1 is 1.10 bits per heavy atom. The van der Waals surface area contributed by atoms with E-state index in [1.54, 1.807) is 0 Å². The molecule has 112 valence electrons. The standard InChI is InChI=1S/C18H23ClN2/c1-13-4-7-15(8-5-13)12-21(3)18(11-20)16-9-6-14(2)17(19)10-16/h4-10,18H,11-12,20H2,1-3H3. The molecular formula is C18H23ClN2. The van der Waals surface area contributed by atoms with Gasteiger partial charge in [-0.1, -0.05) is 53.6 Å². The maximum absolute atomic E-state index is 6.24. The highest BCUT2D eigenvalue weighted by molar-refractivity contribution is 6.31. The Morgan fingerprint density at radius 3 is 2.33 bits per heavy atom. The number of rotatable bonds is 5. The number of likely N-dealkylation sites (N-methyl/N-ethyl adjacent to an activating group) is 1. The molecule has 2 rings (SSSR count). The maximum Gasteiger partial charge on any atom is 0.0471 e. The molecule has 21 heavy (non-hydrogen) atoms. The fourth-order valence-electron chi connectivity index (χ4n) is 2.48. The molecule has 1 atom stereocenters. The van der Waals surface area contributed by atoms with E-state index in [4.69, 9.17) is 17.3 Å². The second-order valence-electron chi connectivity index (χ2n) is 5.66. The van der Waals surface area contributed by atoms with Crippen LogP contribution < -0.4 is 5.73 Å². The fourth-order valence-corrected chi connectivity index (χ4v) is 2.67. The van der Waals surface area contributed by atoms with Crippen LogP contribution in [0.5, 0.6) is 0 Å². The predicted molar refractivity (Wildman–Crippen MR) is 90.6 cm³/mol. The van der Waals surface area contributed by atoms with Crippen molar-refractivity contribution in [3.63, 3.8) is 0 Å². The molecule has 1 unspecified atom stereocenters. The van der Waals surface area contributed by atoms with Gasteiger partial charge < -0.3 is 5.73 Å². The second kappa shape index (κ2) is 7.08. The van der Waals surface area contributed by atoms with Gasteiger partial charge in [0.25, 0.3) is 0 Å². The molecule has 0 radical (unpaired) electrons. The first-order valence-electron chi connectivity index (χ1n) is 7.23. The molecule has 0 saturated carbocycles. The van der Waals surface area contributed by atoms with Crippen molar-refractivity contribution < 1.29 is 0 Å². The minimum atomic E-state index is 0.171. The average Bonchev–Trinajstić information content (AvgIpc) is 2.46. The van der Waals surface area contributed by atoms with Crippen LogP contribution in [0.25, 0.3) is 0 Å². The van der Waals surface area contributed by atoms with Crippen molar-refractivity contribution in [1.82, 2.24) is 4.90 Å². The van der Waals surface area contributed by atoms with Crippen molar-refractivity contribution in [3.8, 4) is 0 Å². The first-order chi connectivity index (χ1) is 10.0. The number of aryl methyl sites for hydroxylation is 2. The maximum atomic E-state index is 6.24. The van der Waals surface area contributed by atoms with E-state index < -0.39 is 0 Å². The summed E-state index contributed by atoms with van der Waals surface area (Å²) >= 11 is 6.24. The highest BCUT2D eigenvalue weighted by atomic mass is 35.5. The van der Waals surface area contributed by atoms with Gasteiger partial charge in [0.15, 0.2) is 0 Å². The van der Waals surface area contributed by atoms with Crippen molar-refractivity contribution in [3.05, 3.63) is 69.7 Å². The SMILES string of the molecule is Cc1ccc(CN(C)C(CN)c2ccc(C)c(Cl)c2)cc1. The quantitative estimate of drug-likeness (QED) is 0.901. The van der Waals surface area contributed by atoms with E-state index in [1.165, 1.54) is 16.7 Å². The van der Waals surface area contributed by atoms with Crippen LogP contribution in [0.3, 0.4) is 0 Å². The molecule has 2 aromatic carbocycles. The van der Waals surface area contributed by atoms with Crippen LogP contribution in [0, 0.1) is 13.8 Å². The number of nitrogens with zero attached hydrogens (tertiary/aromatic N) is 1. The lowest BCUT2D eigenvalue weighted by atomic mass is 10.0. The van der Waals surface area contributed by atoms with Gasteiger partial charge in [0.05, 0.1) is 0 Å². The number of halogens is 1. The lowest BCUT2D eigenvalue weighted by Gasteiger charge is -2.28.